The van der Waals surface area contributed by atoms with E-state index in [2.05, 4.69) is 10.2 Å². The van der Waals surface area contributed by atoms with Crippen LogP contribution in [0.15, 0.2) is 47.6 Å². The zero-order valence-corrected chi connectivity index (χ0v) is 16.2. The van der Waals surface area contributed by atoms with Gasteiger partial charge in [0.15, 0.2) is 28.4 Å². The third kappa shape index (κ3) is 4.20. The lowest BCUT2D eigenvalue weighted by Gasteiger charge is -2.12. The Morgan fingerprint density at radius 3 is 2.63 bits per heavy atom. The van der Waals surface area contributed by atoms with Crippen LogP contribution < -0.4 is 0 Å². The Kier molecular flexibility index (Phi) is 5.92. The van der Waals surface area contributed by atoms with Crippen molar-refractivity contribution in [3.05, 3.63) is 64.7 Å². The van der Waals surface area contributed by atoms with E-state index in [1.807, 2.05) is 23.6 Å². The third-order valence-corrected chi connectivity index (χ3v) is 5.29. The average Bonchev–Trinajstić information content (AvgIpc) is 3.05. The van der Waals surface area contributed by atoms with Gasteiger partial charge in [-0.05, 0) is 44.2 Å². The van der Waals surface area contributed by atoms with Crippen LogP contribution in [0.2, 0.25) is 5.02 Å². The SMILES string of the molecule is CCn1c(SC(C)C(=O)c2ccc(F)c(F)c2)nnc1-c1cccc(Cl)c1. The van der Waals surface area contributed by atoms with Crippen LogP contribution in [0.4, 0.5) is 8.78 Å². The molecule has 2 aromatic carbocycles. The van der Waals surface area contributed by atoms with Gasteiger partial charge in [-0.3, -0.25) is 4.79 Å². The van der Waals surface area contributed by atoms with Crippen molar-refractivity contribution < 1.29 is 13.6 Å². The van der Waals surface area contributed by atoms with Gasteiger partial charge in [0.25, 0.3) is 0 Å². The molecule has 0 radical (unpaired) electrons. The molecular weight excluding hydrogens is 392 g/mol. The van der Waals surface area contributed by atoms with E-state index < -0.39 is 16.9 Å². The molecule has 0 aliphatic rings. The van der Waals surface area contributed by atoms with E-state index in [-0.39, 0.29) is 11.3 Å². The summed E-state index contributed by atoms with van der Waals surface area (Å²) in [5.41, 5.74) is 0.940. The van der Waals surface area contributed by atoms with Crippen LogP contribution in [0.3, 0.4) is 0 Å². The summed E-state index contributed by atoms with van der Waals surface area (Å²) in [4.78, 5) is 12.5. The van der Waals surface area contributed by atoms with Gasteiger partial charge in [-0.25, -0.2) is 8.78 Å². The summed E-state index contributed by atoms with van der Waals surface area (Å²) in [7, 11) is 0. The quantitative estimate of drug-likeness (QED) is 0.413. The van der Waals surface area contributed by atoms with Gasteiger partial charge in [-0.1, -0.05) is 35.5 Å². The molecule has 3 rings (SSSR count). The molecule has 0 saturated heterocycles. The largest absolute Gasteiger partial charge is 0.302 e. The molecule has 0 aliphatic carbocycles. The fraction of sp³-hybridized carbons (Fsp3) is 0.211. The lowest BCUT2D eigenvalue weighted by molar-refractivity contribution is 0.0993. The van der Waals surface area contributed by atoms with Crippen LogP contribution in [0.1, 0.15) is 24.2 Å². The standard InChI is InChI=1S/C19H16ClF2N3OS/c1-3-25-18(13-5-4-6-14(20)9-13)23-24-19(25)27-11(2)17(26)12-7-8-15(21)16(22)10-12/h4-11H,3H2,1-2H3. The van der Waals surface area contributed by atoms with Gasteiger partial charge in [0, 0.05) is 22.7 Å². The number of hydrogen-bond donors (Lipinski definition) is 0. The van der Waals surface area contributed by atoms with Crippen LogP contribution in [0.5, 0.6) is 0 Å². The molecule has 27 heavy (non-hydrogen) atoms. The van der Waals surface area contributed by atoms with Crippen LogP contribution >= 0.6 is 23.4 Å². The number of ketones is 1. The van der Waals surface area contributed by atoms with Crippen LogP contribution in [-0.4, -0.2) is 25.8 Å². The van der Waals surface area contributed by atoms with Gasteiger partial charge in [-0.2, -0.15) is 0 Å². The number of rotatable bonds is 6. The first-order valence-corrected chi connectivity index (χ1v) is 9.51. The Morgan fingerprint density at radius 2 is 1.96 bits per heavy atom. The minimum atomic E-state index is -1.04. The predicted octanol–water partition coefficient (Wildman–Crippen LogP) is 5.26. The van der Waals surface area contributed by atoms with E-state index in [4.69, 9.17) is 11.6 Å². The Morgan fingerprint density at radius 1 is 1.19 bits per heavy atom. The van der Waals surface area contributed by atoms with Gasteiger partial charge >= 0.3 is 0 Å². The lowest BCUT2D eigenvalue weighted by atomic mass is 10.1. The topological polar surface area (TPSA) is 47.8 Å². The summed E-state index contributed by atoms with van der Waals surface area (Å²) in [5.74, 6) is -1.69. The van der Waals surface area contributed by atoms with Crippen LogP contribution in [-0.2, 0) is 6.54 Å². The molecule has 1 unspecified atom stereocenters. The van der Waals surface area contributed by atoms with Gasteiger partial charge in [0.05, 0.1) is 5.25 Å². The molecule has 0 bridgehead atoms. The van der Waals surface area contributed by atoms with Gasteiger partial charge in [-0.15, -0.1) is 10.2 Å². The molecule has 3 aromatic rings. The van der Waals surface area contributed by atoms with E-state index >= 15 is 0 Å². The van der Waals surface area contributed by atoms with Crippen molar-refractivity contribution >= 4 is 29.1 Å². The third-order valence-electron chi connectivity index (χ3n) is 3.97. The second-order valence-electron chi connectivity index (χ2n) is 5.81. The summed E-state index contributed by atoms with van der Waals surface area (Å²) in [6, 6.07) is 10.4. The van der Waals surface area contributed by atoms with Crippen molar-refractivity contribution in [2.45, 2.75) is 30.8 Å². The number of thioether (sulfide) groups is 1. The first kappa shape index (κ1) is 19.5. The maximum atomic E-state index is 13.4. The predicted molar refractivity (Wildman–Crippen MR) is 102 cm³/mol. The van der Waals surface area contributed by atoms with E-state index in [0.717, 1.165) is 17.7 Å². The van der Waals surface area contributed by atoms with Gasteiger partial charge in [0.1, 0.15) is 0 Å². The average molecular weight is 408 g/mol. The number of hydrogen-bond acceptors (Lipinski definition) is 4. The van der Waals surface area contributed by atoms with Gasteiger partial charge in [0.2, 0.25) is 0 Å². The molecule has 0 spiro atoms. The smallest absolute Gasteiger partial charge is 0.192 e. The van der Waals surface area contributed by atoms with Gasteiger partial charge < -0.3 is 4.57 Å². The summed E-state index contributed by atoms with van der Waals surface area (Å²) >= 11 is 7.27. The zero-order chi connectivity index (χ0) is 19.6. The van der Waals surface area contributed by atoms with Crippen molar-refractivity contribution in [3.8, 4) is 11.4 Å². The summed E-state index contributed by atoms with van der Waals surface area (Å²) in [6.45, 7) is 4.24. The van der Waals surface area contributed by atoms with E-state index in [0.29, 0.717) is 22.5 Å². The summed E-state index contributed by atoms with van der Waals surface area (Å²) < 4.78 is 28.4. The number of carbonyl (C=O) groups is 1. The second kappa shape index (κ2) is 8.19. The summed E-state index contributed by atoms with van der Waals surface area (Å²) in [5, 5.41) is 9.02. The fourth-order valence-corrected chi connectivity index (χ4v) is 3.78. The minimum absolute atomic E-state index is 0.117. The molecule has 140 valence electrons. The van der Waals surface area contributed by atoms with Crippen molar-refractivity contribution in [2.75, 3.05) is 0 Å². The molecule has 1 aromatic heterocycles. The molecule has 0 saturated carbocycles. The first-order chi connectivity index (χ1) is 12.9. The number of aromatic nitrogens is 3. The summed E-state index contributed by atoms with van der Waals surface area (Å²) in [6.07, 6.45) is 0. The van der Waals surface area contributed by atoms with E-state index in [1.54, 1.807) is 19.1 Å². The second-order valence-corrected chi connectivity index (χ2v) is 7.56. The number of halogens is 3. The molecule has 0 N–H and O–H groups in total. The zero-order valence-electron chi connectivity index (χ0n) is 14.6. The van der Waals surface area contributed by atoms with Crippen molar-refractivity contribution in [2.24, 2.45) is 0 Å². The van der Waals surface area contributed by atoms with E-state index in [1.165, 1.54) is 17.8 Å². The maximum Gasteiger partial charge on any atom is 0.192 e. The first-order valence-electron chi connectivity index (χ1n) is 8.25. The fourth-order valence-electron chi connectivity index (χ4n) is 2.60. The highest BCUT2D eigenvalue weighted by Gasteiger charge is 2.22. The Labute approximate surface area is 164 Å². The molecule has 0 fully saturated rings. The van der Waals surface area contributed by atoms with Crippen molar-refractivity contribution in [1.82, 2.24) is 14.8 Å². The molecular formula is C19H16ClF2N3OS. The molecule has 0 aliphatic heterocycles. The molecule has 1 heterocycles. The lowest BCUT2D eigenvalue weighted by Crippen LogP contribution is -2.15. The normalized spacial score (nSPS) is 12.2. The highest BCUT2D eigenvalue weighted by molar-refractivity contribution is 8.00. The number of carbonyl (C=O) groups excluding carboxylic acids is 1. The number of nitrogens with zero attached hydrogens (tertiary/aromatic N) is 3. The minimum Gasteiger partial charge on any atom is -0.302 e. The van der Waals surface area contributed by atoms with Crippen LogP contribution in [0.25, 0.3) is 11.4 Å². The molecule has 4 nitrogen and oxygen atoms in total. The monoisotopic (exact) mass is 407 g/mol. The Balaban J connectivity index is 1.84. The molecule has 0 amide bonds. The number of Topliss-reactive ketones (excluding diaryl/α,β-unsaturated/α-hetero) is 1. The Bertz CT molecular complexity index is 993. The van der Waals surface area contributed by atoms with Crippen molar-refractivity contribution in [3.63, 3.8) is 0 Å². The Hall–Kier alpha value is -2.25. The number of benzene rings is 2. The maximum absolute atomic E-state index is 13.4. The van der Waals surface area contributed by atoms with Crippen LogP contribution in [0, 0.1) is 11.6 Å². The molecule has 1 atom stereocenters. The highest BCUT2D eigenvalue weighted by Crippen LogP contribution is 2.29. The van der Waals surface area contributed by atoms with E-state index in [9.17, 15) is 13.6 Å². The van der Waals surface area contributed by atoms with Crippen molar-refractivity contribution in [1.29, 1.82) is 0 Å². The highest BCUT2D eigenvalue weighted by atomic mass is 35.5. The molecule has 8 heteroatoms.